The molecule has 0 atom stereocenters. The topological polar surface area (TPSA) is 59.2 Å². The molecule has 0 bridgehead atoms. The highest BCUT2D eigenvalue weighted by Crippen LogP contribution is 2.27. The van der Waals surface area contributed by atoms with Crippen molar-refractivity contribution in [2.24, 2.45) is 0 Å². The van der Waals surface area contributed by atoms with Gasteiger partial charge in [-0.3, -0.25) is 0 Å². The summed E-state index contributed by atoms with van der Waals surface area (Å²) in [6.45, 7) is 0.205. The van der Waals surface area contributed by atoms with Gasteiger partial charge in [-0.05, 0) is 31.0 Å². The van der Waals surface area contributed by atoms with Gasteiger partial charge in [0.2, 0.25) is 0 Å². The van der Waals surface area contributed by atoms with Gasteiger partial charge in [0.25, 0.3) is 0 Å². The summed E-state index contributed by atoms with van der Waals surface area (Å²) in [5.41, 5.74) is 3.71. The molecule has 18 heavy (non-hydrogen) atoms. The minimum Gasteiger partial charge on any atom is -0.443 e. The van der Waals surface area contributed by atoms with Crippen molar-refractivity contribution in [3.05, 3.63) is 35.7 Å². The lowest BCUT2D eigenvalue weighted by Gasteiger charge is -1.95. The Balaban J connectivity index is 1.90. The molecule has 0 spiro atoms. The van der Waals surface area contributed by atoms with Gasteiger partial charge in [0.1, 0.15) is 10.5 Å². The highest BCUT2D eigenvalue weighted by Gasteiger charge is 2.07. The lowest BCUT2D eigenvalue weighted by atomic mass is 10.2. The summed E-state index contributed by atoms with van der Waals surface area (Å²) in [6, 6.07) is 5.89. The molecule has 0 aliphatic carbocycles. The number of aliphatic hydroxyl groups is 1. The van der Waals surface area contributed by atoms with Crippen molar-refractivity contribution >= 4 is 22.4 Å². The molecule has 2 heterocycles. The first-order chi connectivity index (χ1) is 8.86. The number of benzene rings is 1. The number of rotatable bonds is 4. The molecule has 0 radical (unpaired) electrons. The van der Waals surface area contributed by atoms with Crippen molar-refractivity contribution in [2.75, 3.05) is 6.61 Å². The Morgan fingerprint density at radius 2 is 2.28 bits per heavy atom. The van der Waals surface area contributed by atoms with Crippen molar-refractivity contribution in [1.29, 1.82) is 0 Å². The SMILES string of the molecule is OCCCc1csc(-c2ccc3ncoc3c2)n1. The number of thiazole rings is 1. The van der Waals surface area contributed by atoms with Crippen LogP contribution in [0, 0.1) is 0 Å². The van der Waals surface area contributed by atoms with Gasteiger partial charge in [0, 0.05) is 17.6 Å². The van der Waals surface area contributed by atoms with E-state index in [1.54, 1.807) is 11.3 Å². The lowest BCUT2D eigenvalue weighted by molar-refractivity contribution is 0.288. The van der Waals surface area contributed by atoms with Gasteiger partial charge in [0.15, 0.2) is 12.0 Å². The Morgan fingerprint density at radius 1 is 1.33 bits per heavy atom. The summed E-state index contributed by atoms with van der Waals surface area (Å²) in [4.78, 5) is 8.64. The van der Waals surface area contributed by atoms with Crippen LogP contribution in [0.1, 0.15) is 12.1 Å². The second-order valence-electron chi connectivity index (χ2n) is 4.01. The number of nitrogens with zero attached hydrogens (tertiary/aromatic N) is 2. The number of oxazole rings is 1. The van der Waals surface area contributed by atoms with Crippen molar-refractivity contribution < 1.29 is 9.52 Å². The predicted octanol–water partition coefficient (Wildman–Crippen LogP) is 2.88. The van der Waals surface area contributed by atoms with E-state index in [0.717, 1.165) is 40.2 Å². The van der Waals surface area contributed by atoms with Crippen molar-refractivity contribution in [1.82, 2.24) is 9.97 Å². The van der Waals surface area contributed by atoms with Crippen LogP contribution in [0.15, 0.2) is 34.4 Å². The first-order valence-corrected chi connectivity index (χ1v) is 6.63. The highest BCUT2D eigenvalue weighted by molar-refractivity contribution is 7.13. The van der Waals surface area contributed by atoms with E-state index in [1.165, 1.54) is 6.39 Å². The fraction of sp³-hybridized carbons (Fsp3) is 0.231. The summed E-state index contributed by atoms with van der Waals surface area (Å²) < 4.78 is 5.28. The number of aryl methyl sites for hydroxylation is 1. The Kier molecular flexibility index (Phi) is 3.08. The molecule has 0 unspecified atom stereocenters. The molecule has 1 aromatic carbocycles. The number of hydrogen-bond donors (Lipinski definition) is 1. The fourth-order valence-corrected chi connectivity index (χ4v) is 2.65. The van der Waals surface area contributed by atoms with Gasteiger partial charge >= 0.3 is 0 Å². The molecule has 92 valence electrons. The molecule has 0 aliphatic heterocycles. The minimum absolute atomic E-state index is 0.205. The molecule has 3 rings (SSSR count). The number of fused-ring (bicyclic) bond motifs is 1. The number of aromatic nitrogens is 2. The minimum atomic E-state index is 0.205. The van der Waals surface area contributed by atoms with Crippen LogP contribution in [0.2, 0.25) is 0 Å². The van der Waals surface area contributed by atoms with Crippen LogP contribution in [0.25, 0.3) is 21.7 Å². The standard InChI is InChI=1S/C13H12N2O2S/c16-5-1-2-10-7-18-13(15-10)9-3-4-11-12(6-9)17-8-14-11/h3-4,6-8,16H,1-2,5H2. The molecule has 3 aromatic rings. The normalized spacial score (nSPS) is 11.2. The molecule has 5 heteroatoms. The predicted molar refractivity (Wildman–Crippen MR) is 70.5 cm³/mol. The monoisotopic (exact) mass is 260 g/mol. The third-order valence-electron chi connectivity index (χ3n) is 2.72. The van der Waals surface area contributed by atoms with E-state index < -0.39 is 0 Å². The van der Waals surface area contributed by atoms with E-state index >= 15 is 0 Å². The molecule has 0 saturated carbocycles. The Hall–Kier alpha value is -1.72. The Morgan fingerprint density at radius 3 is 3.17 bits per heavy atom. The Labute approximate surface area is 108 Å². The molecule has 2 aromatic heterocycles. The van der Waals surface area contributed by atoms with Gasteiger partial charge in [0.05, 0.1) is 5.69 Å². The molecular formula is C13H12N2O2S. The smallest absolute Gasteiger partial charge is 0.181 e. The molecule has 0 fully saturated rings. The molecule has 0 saturated heterocycles. The third-order valence-corrected chi connectivity index (χ3v) is 3.66. The molecular weight excluding hydrogens is 248 g/mol. The van der Waals surface area contributed by atoms with Crippen LogP contribution in [0.3, 0.4) is 0 Å². The van der Waals surface area contributed by atoms with Crippen LogP contribution in [0.4, 0.5) is 0 Å². The zero-order valence-electron chi connectivity index (χ0n) is 9.67. The van der Waals surface area contributed by atoms with Crippen LogP contribution < -0.4 is 0 Å². The summed E-state index contributed by atoms with van der Waals surface area (Å²) in [6.07, 6.45) is 3.02. The summed E-state index contributed by atoms with van der Waals surface area (Å²) in [7, 11) is 0. The summed E-state index contributed by atoms with van der Waals surface area (Å²) >= 11 is 1.61. The first-order valence-electron chi connectivity index (χ1n) is 5.76. The maximum atomic E-state index is 8.80. The number of aliphatic hydroxyl groups excluding tert-OH is 1. The molecule has 4 nitrogen and oxygen atoms in total. The summed E-state index contributed by atoms with van der Waals surface area (Å²) in [5, 5.41) is 11.8. The van der Waals surface area contributed by atoms with Crippen molar-refractivity contribution in [3.8, 4) is 10.6 Å². The molecule has 0 aliphatic rings. The van der Waals surface area contributed by atoms with E-state index in [1.807, 2.05) is 23.6 Å². The van der Waals surface area contributed by atoms with E-state index in [0.29, 0.717) is 0 Å². The first kappa shape index (κ1) is 11.4. The van der Waals surface area contributed by atoms with Crippen LogP contribution in [0.5, 0.6) is 0 Å². The second-order valence-corrected chi connectivity index (χ2v) is 4.86. The van der Waals surface area contributed by atoms with Gasteiger partial charge in [-0.2, -0.15) is 0 Å². The van der Waals surface area contributed by atoms with Crippen LogP contribution in [-0.2, 0) is 6.42 Å². The maximum Gasteiger partial charge on any atom is 0.181 e. The quantitative estimate of drug-likeness (QED) is 0.783. The lowest BCUT2D eigenvalue weighted by Crippen LogP contribution is -1.89. The highest BCUT2D eigenvalue weighted by atomic mass is 32.1. The second kappa shape index (κ2) is 4.88. The molecule has 0 amide bonds. The number of hydrogen-bond acceptors (Lipinski definition) is 5. The average Bonchev–Trinajstić information content (AvgIpc) is 3.04. The fourth-order valence-electron chi connectivity index (χ4n) is 1.80. The van der Waals surface area contributed by atoms with Gasteiger partial charge < -0.3 is 9.52 Å². The largest absolute Gasteiger partial charge is 0.443 e. The van der Waals surface area contributed by atoms with Gasteiger partial charge in [-0.25, -0.2) is 9.97 Å². The van der Waals surface area contributed by atoms with E-state index in [2.05, 4.69) is 9.97 Å². The van der Waals surface area contributed by atoms with Gasteiger partial charge in [-0.1, -0.05) is 0 Å². The van der Waals surface area contributed by atoms with Gasteiger partial charge in [-0.15, -0.1) is 11.3 Å². The van der Waals surface area contributed by atoms with Crippen molar-refractivity contribution in [2.45, 2.75) is 12.8 Å². The third kappa shape index (κ3) is 2.14. The van der Waals surface area contributed by atoms with Crippen LogP contribution >= 0.6 is 11.3 Å². The average molecular weight is 260 g/mol. The zero-order valence-corrected chi connectivity index (χ0v) is 10.5. The Bertz CT molecular complexity index is 660. The maximum absolute atomic E-state index is 8.80. The zero-order chi connectivity index (χ0) is 12.4. The molecule has 1 N–H and O–H groups in total. The van der Waals surface area contributed by atoms with E-state index in [9.17, 15) is 0 Å². The van der Waals surface area contributed by atoms with Crippen LogP contribution in [-0.4, -0.2) is 21.7 Å². The summed E-state index contributed by atoms with van der Waals surface area (Å²) in [5.74, 6) is 0. The van der Waals surface area contributed by atoms with E-state index in [4.69, 9.17) is 9.52 Å². The van der Waals surface area contributed by atoms with E-state index in [-0.39, 0.29) is 6.61 Å². The van der Waals surface area contributed by atoms with Crippen molar-refractivity contribution in [3.63, 3.8) is 0 Å².